The van der Waals surface area contributed by atoms with E-state index in [-0.39, 0.29) is 17.7 Å². The number of ether oxygens (including phenoxy) is 2. The van der Waals surface area contributed by atoms with Crippen LogP contribution in [0, 0.1) is 0 Å². The lowest BCUT2D eigenvalue weighted by molar-refractivity contribution is -0.115. The molecule has 10 nitrogen and oxygen atoms in total. The van der Waals surface area contributed by atoms with Crippen molar-refractivity contribution in [3.05, 3.63) is 18.5 Å². The topological polar surface area (TPSA) is 141 Å². The van der Waals surface area contributed by atoms with Gasteiger partial charge in [-0.05, 0) is 19.1 Å². The minimum absolute atomic E-state index is 0.0984. The highest BCUT2D eigenvalue weighted by Crippen LogP contribution is 2.29. The molecule has 0 aliphatic carbocycles. The summed E-state index contributed by atoms with van der Waals surface area (Å²) in [4.78, 5) is 31.9. The molecule has 0 unspecified atom stereocenters. The van der Waals surface area contributed by atoms with E-state index in [1.54, 1.807) is 19.1 Å². The Hall–Kier alpha value is -3.08. The van der Waals surface area contributed by atoms with Crippen LogP contribution in [0.15, 0.2) is 23.5 Å². The Morgan fingerprint density at radius 1 is 1.27 bits per heavy atom. The van der Waals surface area contributed by atoms with Crippen LogP contribution >= 0.6 is 11.8 Å². The number of anilines is 2. The lowest BCUT2D eigenvalue weighted by Gasteiger charge is -2.13. The minimum atomic E-state index is -0.467. The Morgan fingerprint density at radius 2 is 2.08 bits per heavy atom. The van der Waals surface area contributed by atoms with Gasteiger partial charge in [-0.15, -0.1) is 0 Å². The van der Waals surface area contributed by atoms with Gasteiger partial charge in [0.05, 0.1) is 25.8 Å². The molecule has 0 bridgehead atoms. The molecule has 0 aromatic carbocycles. The largest absolute Gasteiger partial charge is 0.491 e. The molecular formula is C15H17N7O3S. The van der Waals surface area contributed by atoms with Crippen LogP contribution < -0.4 is 20.5 Å². The zero-order chi connectivity index (χ0) is 18.7. The highest BCUT2D eigenvalue weighted by Gasteiger charge is 2.19. The summed E-state index contributed by atoms with van der Waals surface area (Å²) in [6.45, 7) is 1.75. The summed E-state index contributed by atoms with van der Waals surface area (Å²) < 4.78 is 10.3. The van der Waals surface area contributed by atoms with Crippen molar-refractivity contribution < 1.29 is 14.3 Å². The summed E-state index contributed by atoms with van der Waals surface area (Å²) in [6.07, 6.45) is 1.50. The zero-order valence-corrected chi connectivity index (χ0v) is 15.1. The summed E-state index contributed by atoms with van der Waals surface area (Å²) in [6, 6.07) is 3.30. The van der Waals surface area contributed by atoms with Crippen molar-refractivity contribution in [2.24, 2.45) is 0 Å². The quantitative estimate of drug-likeness (QED) is 0.431. The number of fused-ring (bicyclic) bond motifs is 1. The highest BCUT2D eigenvalue weighted by atomic mass is 32.2. The first-order chi connectivity index (χ1) is 12.5. The molecule has 3 aromatic rings. The van der Waals surface area contributed by atoms with E-state index in [9.17, 15) is 4.79 Å². The van der Waals surface area contributed by atoms with Gasteiger partial charge in [0.2, 0.25) is 11.9 Å². The first-order valence-electron chi connectivity index (χ1n) is 7.55. The molecule has 0 radical (unpaired) electrons. The molecule has 0 saturated carbocycles. The molecule has 0 fully saturated rings. The van der Waals surface area contributed by atoms with Crippen LogP contribution in [0.4, 0.5) is 11.8 Å². The van der Waals surface area contributed by atoms with Crippen molar-refractivity contribution >= 4 is 40.6 Å². The molecule has 3 heterocycles. The van der Waals surface area contributed by atoms with Crippen molar-refractivity contribution in [3.8, 4) is 11.6 Å². The van der Waals surface area contributed by atoms with E-state index in [4.69, 9.17) is 15.2 Å². The Labute approximate surface area is 152 Å². The third kappa shape index (κ3) is 3.61. The number of methoxy groups -OCH3 is 2. The van der Waals surface area contributed by atoms with Gasteiger partial charge in [-0.1, -0.05) is 11.8 Å². The third-order valence-electron chi connectivity index (χ3n) is 3.42. The van der Waals surface area contributed by atoms with Gasteiger partial charge >= 0.3 is 0 Å². The maximum Gasteiger partial charge on any atom is 0.258 e. The SMILES string of the molecule is COc1ccc(NC(=O)[C@H](C)Sc2nc(N)nc3nc[nH]c23)nc1OC. The van der Waals surface area contributed by atoms with Crippen LogP contribution in [0.5, 0.6) is 11.6 Å². The van der Waals surface area contributed by atoms with Gasteiger partial charge in [-0.3, -0.25) is 4.79 Å². The Morgan fingerprint density at radius 3 is 2.81 bits per heavy atom. The summed E-state index contributed by atoms with van der Waals surface area (Å²) in [7, 11) is 2.99. The fraction of sp³-hybridized carbons (Fsp3) is 0.267. The fourth-order valence-corrected chi connectivity index (χ4v) is 3.07. The average Bonchev–Trinajstić information content (AvgIpc) is 3.09. The first kappa shape index (κ1) is 17.7. The normalized spacial score (nSPS) is 12.0. The van der Waals surface area contributed by atoms with Crippen LogP contribution in [0.3, 0.4) is 0 Å². The van der Waals surface area contributed by atoms with Crippen LogP contribution in [-0.2, 0) is 4.79 Å². The van der Waals surface area contributed by atoms with Crippen molar-refractivity contribution in [2.45, 2.75) is 17.2 Å². The standard InChI is InChI=1S/C15H17N7O3S/c1-7(26-14-10-11(18-6-17-10)21-15(16)22-14)12(23)19-9-5-4-8(24-2)13(20-9)25-3/h4-7H,1-3H3,(H,19,20,23)(H3,16,17,18,21,22)/t7-/m0/s1. The number of aromatic amines is 1. The molecule has 1 atom stereocenters. The van der Waals surface area contributed by atoms with E-state index in [0.29, 0.717) is 27.8 Å². The van der Waals surface area contributed by atoms with Gasteiger partial charge < -0.3 is 25.5 Å². The summed E-state index contributed by atoms with van der Waals surface area (Å²) in [5.74, 6) is 0.967. The lowest BCUT2D eigenvalue weighted by Crippen LogP contribution is -2.23. The number of H-pyrrole nitrogens is 1. The second-order valence-corrected chi connectivity index (χ2v) is 6.47. The van der Waals surface area contributed by atoms with E-state index in [0.717, 1.165) is 0 Å². The molecule has 26 heavy (non-hydrogen) atoms. The number of nitrogens with two attached hydrogens (primary N) is 1. The zero-order valence-electron chi connectivity index (χ0n) is 14.3. The van der Waals surface area contributed by atoms with E-state index in [2.05, 4.69) is 30.2 Å². The third-order valence-corrected chi connectivity index (χ3v) is 4.50. The second-order valence-electron chi connectivity index (χ2n) is 5.15. The number of rotatable bonds is 6. The number of imidazole rings is 1. The van der Waals surface area contributed by atoms with Crippen molar-refractivity contribution in [2.75, 3.05) is 25.3 Å². The highest BCUT2D eigenvalue weighted by molar-refractivity contribution is 8.00. The van der Waals surface area contributed by atoms with E-state index >= 15 is 0 Å². The van der Waals surface area contributed by atoms with E-state index in [1.165, 1.54) is 32.3 Å². The lowest BCUT2D eigenvalue weighted by atomic mass is 10.4. The Bertz CT molecular complexity index is 946. The molecule has 0 spiro atoms. The van der Waals surface area contributed by atoms with Gasteiger partial charge in [0.15, 0.2) is 11.4 Å². The number of aromatic nitrogens is 5. The van der Waals surface area contributed by atoms with Gasteiger partial charge in [0.25, 0.3) is 5.88 Å². The number of hydrogen-bond donors (Lipinski definition) is 3. The molecule has 136 valence electrons. The van der Waals surface area contributed by atoms with Crippen LogP contribution in [-0.4, -0.2) is 50.3 Å². The molecule has 1 amide bonds. The van der Waals surface area contributed by atoms with Gasteiger partial charge in [-0.25, -0.2) is 9.97 Å². The smallest absolute Gasteiger partial charge is 0.258 e. The first-order valence-corrected chi connectivity index (χ1v) is 8.43. The number of nitrogens with one attached hydrogen (secondary N) is 2. The summed E-state index contributed by atoms with van der Waals surface area (Å²) >= 11 is 1.24. The predicted molar refractivity (Wildman–Crippen MR) is 97.4 cm³/mol. The summed E-state index contributed by atoms with van der Waals surface area (Å²) in [5.41, 5.74) is 6.78. The monoisotopic (exact) mass is 375 g/mol. The minimum Gasteiger partial charge on any atom is -0.491 e. The Balaban J connectivity index is 1.74. The van der Waals surface area contributed by atoms with Crippen LogP contribution in [0.25, 0.3) is 11.2 Å². The molecule has 0 aliphatic heterocycles. The fourth-order valence-electron chi connectivity index (χ4n) is 2.16. The number of carbonyl (C=O) groups is 1. The van der Waals surface area contributed by atoms with Crippen molar-refractivity contribution in [3.63, 3.8) is 0 Å². The average molecular weight is 375 g/mol. The van der Waals surface area contributed by atoms with Crippen molar-refractivity contribution in [1.82, 2.24) is 24.9 Å². The summed E-state index contributed by atoms with van der Waals surface area (Å²) in [5, 5.41) is 2.82. The maximum atomic E-state index is 12.5. The number of thioether (sulfide) groups is 1. The van der Waals surface area contributed by atoms with E-state index < -0.39 is 5.25 Å². The number of amides is 1. The van der Waals surface area contributed by atoms with Gasteiger partial charge in [0, 0.05) is 0 Å². The van der Waals surface area contributed by atoms with Crippen LogP contribution in [0.1, 0.15) is 6.92 Å². The number of nitrogen functional groups attached to an aromatic ring is 1. The number of nitrogens with zero attached hydrogens (tertiary/aromatic N) is 4. The van der Waals surface area contributed by atoms with Crippen LogP contribution in [0.2, 0.25) is 0 Å². The molecule has 0 saturated heterocycles. The number of pyridine rings is 1. The maximum absolute atomic E-state index is 12.5. The number of hydrogen-bond acceptors (Lipinski definition) is 9. The predicted octanol–water partition coefficient (Wildman–Crippen LogP) is 1.47. The molecule has 3 aromatic heterocycles. The molecule has 3 rings (SSSR count). The molecule has 4 N–H and O–H groups in total. The molecule has 11 heteroatoms. The molecular weight excluding hydrogens is 358 g/mol. The number of carbonyl (C=O) groups excluding carboxylic acids is 1. The van der Waals surface area contributed by atoms with Crippen molar-refractivity contribution in [1.29, 1.82) is 0 Å². The van der Waals surface area contributed by atoms with E-state index in [1.807, 2.05) is 0 Å². The second kappa shape index (κ2) is 7.44. The Kier molecular flexibility index (Phi) is 5.07. The van der Waals surface area contributed by atoms with Gasteiger partial charge in [-0.2, -0.15) is 9.97 Å². The molecule has 0 aliphatic rings. The van der Waals surface area contributed by atoms with Gasteiger partial charge in [0.1, 0.15) is 16.4 Å².